The van der Waals surface area contributed by atoms with Crippen molar-refractivity contribution in [1.29, 1.82) is 0 Å². The topological polar surface area (TPSA) is 93.5 Å². The number of hydrogen-bond acceptors (Lipinski definition) is 5. The minimum Gasteiger partial charge on any atom is -0.446 e. The maximum absolute atomic E-state index is 13.0. The average Bonchev–Trinajstić information content (AvgIpc) is 3.12. The Labute approximate surface area is 171 Å². The standard InChI is InChI=1S/C18H21F3N4O4S/c1-2-25-15(18(19,20)21)12-16(23-25)22-17(26)29-13-8-10-24(11-9-13)30(27,28)14-6-4-3-5-7-14/h3-7,12-13H,2,8-11H2,1H3,(H,22,23,26). The summed E-state index contributed by atoms with van der Waals surface area (Å²) >= 11 is 0. The van der Waals surface area contributed by atoms with E-state index in [1.165, 1.54) is 23.4 Å². The molecule has 0 unspecified atom stereocenters. The molecule has 0 radical (unpaired) electrons. The number of piperidine rings is 1. The van der Waals surface area contributed by atoms with Gasteiger partial charge in [-0.1, -0.05) is 18.2 Å². The Bertz CT molecular complexity index is 985. The third-order valence-corrected chi connectivity index (χ3v) is 6.57. The third kappa shape index (κ3) is 4.93. The molecule has 0 spiro atoms. The summed E-state index contributed by atoms with van der Waals surface area (Å²) in [6.07, 6.45) is -5.53. The van der Waals surface area contributed by atoms with E-state index in [1.54, 1.807) is 18.2 Å². The first-order chi connectivity index (χ1) is 14.1. The van der Waals surface area contributed by atoms with E-state index >= 15 is 0 Å². The molecule has 1 N–H and O–H groups in total. The van der Waals surface area contributed by atoms with Crippen LogP contribution in [0.5, 0.6) is 0 Å². The van der Waals surface area contributed by atoms with Crippen LogP contribution >= 0.6 is 0 Å². The number of aromatic nitrogens is 2. The van der Waals surface area contributed by atoms with Crippen molar-refractivity contribution in [2.75, 3.05) is 18.4 Å². The molecule has 2 aromatic rings. The second-order valence-corrected chi connectivity index (χ2v) is 8.61. The van der Waals surface area contributed by atoms with Crippen LogP contribution < -0.4 is 5.32 Å². The normalized spacial score (nSPS) is 16.4. The van der Waals surface area contributed by atoms with Gasteiger partial charge in [0.25, 0.3) is 0 Å². The first kappa shape index (κ1) is 22.1. The number of carbonyl (C=O) groups excluding carboxylic acids is 1. The van der Waals surface area contributed by atoms with Crippen molar-refractivity contribution in [3.05, 3.63) is 42.1 Å². The summed E-state index contributed by atoms with van der Waals surface area (Å²) in [7, 11) is -3.62. The number of alkyl halides is 3. The molecule has 8 nitrogen and oxygen atoms in total. The van der Waals surface area contributed by atoms with Gasteiger partial charge in [-0.05, 0) is 31.9 Å². The minimum absolute atomic E-state index is 0.0140. The zero-order valence-corrected chi connectivity index (χ0v) is 16.9. The molecular formula is C18H21F3N4O4S. The van der Waals surface area contributed by atoms with Gasteiger partial charge in [-0.15, -0.1) is 0 Å². The van der Waals surface area contributed by atoms with Crippen LogP contribution in [0.15, 0.2) is 41.3 Å². The Balaban J connectivity index is 1.55. The van der Waals surface area contributed by atoms with Crippen LogP contribution in [0.4, 0.5) is 23.8 Å². The number of carbonyl (C=O) groups is 1. The molecule has 1 aliphatic heterocycles. The highest BCUT2D eigenvalue weighted by molar-refractivity contribution is 7.89. The van der Waals surface area contributed by atoms with E-state index in [0.29, 0.717) is 0 Å². The van der Waals surface area contributed by atoms with Gasteiger partial charge in [0.1, 0.15) is 11.8 Å². The highest BCUT2D eigenvalue weighted by Gasteiger charge is 2.36. The van der Waals surface area contributed by atoms with Crippen molar-refractivity contribution in [3.63, 3.8) is 0 Å². The largest absolute Gasteiger partial charge is 0.446 e. The number of aryl methyl sites for hydroxylation is 1. The molecule has 0 saturated carbocycles. The van der Waals surface area contributed by atoms with Crippen molar-refractivity contribution < 1.29 is 31.1 Å². The number of benzene rings is 1. The summed E-state index contributed by atoms with van der Waals surface area (Å²) in [5, 5.41) is 5.90. The van der Waals surface area contributed by atoms with Crippen LogP contribution in [-0.4, -0.2) is 47.8 Å². The van der Waals surface area contributed by atoms with E-state index < -0.39 is 34.1 Å². The van der Waals surface area contributed by atoms with Crippen LogP contribution in [0.2, 0.25) is 0 Å². The lowest BCUT2D eigenvalue weighted by Crippen LogP contribution is -2.41. The molecule has 1 aliphatic rings. The predicted molar refractivity (Wildman–Crippen MR) is 101 cm³/mol. The molecule has 1 fully saturated rings. The Morgan fingerprint density at radius 1 is 1.23 bits per heavy atom. The molecule has 0 aliphatic carbocycles. The van der Waals surface area contributed by atoms with Gasteiger partial charge in [-0.3, -0.25) is 10.00 Å². The molecule has 1 aromatic carbocycles. The lowest BCUT2D eigenvalue weighted by Gasteiger charge is -2.30. The predicted octanol–water partition coefficient (Wildman–Crippen LogP) is 3.32. The van der Waals surface area contributed by atoms with Crippen molar-refractivity contribution in [2.24, 2.45) is 0 Å². The first-order valence-corrected chi connectivity index (χ1v) is 10.7. The highest BCUT2D eigenvalue weighted by atomic mass is 32.2. The van der Waals surface area contributed by atoms with E-state index in [2.05, 4.69) is 10.4 Å². The van der Waals surface area contributed by atoms with E-state index in [4.69, 9.17) is 4.74 Å². The van der Waals surface area contributed by atoms with Crippen LogP contribution in [0, 0.1) is 0 Å². The summed E-state index contributed by atoms with van der Waals surface area (Å²) in [6, 6.07) is 8.75. The Morgan fingerprint density at radius 3 is 2.40 bits per heavy atom. The number of ether oxygens (including phenoxy) is 1. The minimum atomic E-state index is -4.59. The number of anilines is 1. The lowest BCUT2D eigenvalue weighted by molar-refractivity contribution is -0.144. The van der Waals surface area contributed by atoms with Crippen molar-refractivity contribution in [3.8, 4) is 0 Å². The van der Waals surface area contributed by atoms with Gasteiger partial charge in [0.05, 0.1) is 4.90 Å². The molecule has 1 amide bonds. The van der Waals surface area contributed by atoms with Gasteiger partial charge in [-0.25, -0.2) is 13.2 Å². The van der Waals surface area contributed by atoms with Crippen molar-refractivity contribution >= 4 is 21.9 Å². The van der Waals surface area contributed by atoms with Gasteiger partial charge >= 0.3 is 12.3 Å². The van der Waals surface area contributed by atoms with E-state index in [9.17, 15) is 26.4 Å². The molecule has 0 bridgehead atoms. The fourth-order valence-electron chi connectivity index (χ4n) is 3.16. The van der Waals surface area contributed by atoms with Crippen molar-refractivity contribution in [2.45, 2.75) is 43.5 Å². The number of hydrogen-bond donors (Lipinski definition) is 1. The van der Waals surface area contributed by atoms with Gasteiger partial charge in [-0.2, -0.15) is 22.6 Å². The summed E-state index contributed by atoms with van der Waals surface area (Å²) in [5.74, 6) is -0.265. The molecule has 164 valence electrons. The van der Waals surface area contributed by atoms with Crippen LogP contribution in [0.1, 0.15) is 25.5 Å². The quantitative estimate of drug-likeness (QED) is 0.761. The second-order valence-electron chi connectivity index (χ2n) is 6.68. The van der Waals surface area contributed by atoms with Crippen LogP contribution in [-0.2, 0) is 27.5 Å². The van der Waals surface area contributed by atoms with Crippen molar-refractivity contribution in [1.82, 2.24) is 14.1 Å². The fraction of sp³-hybridized carbons (Fsp3) is 0.444. The van der Waals surface area contributed by atoms with Crippen LogP contribution in [0.25, 0.3) is 0 Å². The number of amides is 1. The average molecular weight is 446 g/mol. The molecule has 3 rings (SSSR count). The maximum atomic E-state index is 13.0. The Kier molecular flexibility index (Phi) is 6.36. The number of nitrogens with one attached hydrogen (secondary N) is 1. The highest BCUT2D eigenvalue weighted by Crippen LogP contribution is 2.31. The zero-order valence-electron chi connectivity index (χ0n) is 16.1. The van der Waals surface area contributed by atoms with Crippen LogP contribution in [0.3, 0.4) is 0 Å². The third-order valence-electron chi connectivity index (χ3n) is 4.66. The molecule has 1 saturated heterocycles. The second kappa shape index (κ2) is 8.64. The summed E-state index contributed by atoms with van der Waals surface area (Å²) < 4.78 is 71.4. The smallest absolute Gasteiger partial charge is 0.433 e. The first-order valence-electron chi connectivity index (χ1n) is 9.29. The van der Waals surface area contributed by atoms with Gasteiger partial charge in [0, 0.05) is 25.7 Å². The molecule has 30 heavy (non-hydrogen) atoms. The summed E-state index contributed by atoms with van der Waals surface area (Å²) in [5.41, 5.74) is -0.972. The lowest BCUT2D eigenvalue weighted by atomic mass is 10.1. The fourth-order valence-corrected chi connectivity index (χ4v) is 4.66. The Hall–Kier alpha value is -2.60. The SMILES string of the molecule is CCn1nc(NC(=O)OC2CCN(S(=O)(=O)c3ccccc3)CC2)cc1C(F)(F)F. The molecule has 1 aromatic heterocycles. The molecule has 12 heteroatoms. The van der Waals surface area contributed by atoms with E-state index in [0.717, 1.165) is 10.7 Å². The number of nitrogens with zero attached hydrogens (tertiary/aromatic N) is 3. The maximum Gasteiger partial charge on any atom is 0.433 e. The Morgan fingerprint density at radius 2 is 1.87 bits per heavy atom. The molecule has 0 atom stereocenters. The van der Waals surface area contributed by atoms with E-state index in [1.807, 2.05) is 0 Å². The zero-order chi connectivity index (χ0) is 21.9. The van der Waals surface area contributed by atoms with E-state index in [-0.39, 0.29) is 43.2 Å². The monoisotopic (exact) mass is 446 g/mol. The number of halogens is 3. The van der Waals surface area contributed by atoms with Gasteiger partial charge < -0.3 is 4.74 Å². The summed E-state index contributed by atoms with van der Waals surface area (Å²) in [4.78, 5) is 12.2. The number of rotatable bonds is 5. The number of sulfonamides is 1. The molecule has 2 heterocycles. The van der Waals surface area contributed by atoms with Gasteiger partial charge in [0.15, 0.2) is 5.82 Å². The van der Waals surface area contributed by atoms with Gasteiger partial charge in [0.2, 0.25) is 10.0 Å². The summed E-state index contributed by atoms with van der Waals surface area (Å²) in [6.45, 7) is 1.82. The molecular weight excluding hydrogens is 425 g/mol.